The fraction of sp³-hybridized carbons (Fsp3) is 0.304. The summed E-state index contributed by atoms with van der Waals surface area (Å²) in [5, 5.41) is 20.4. The van der Waals surface area contributed by atoms with E-state index in [1.807, 2.05) is 31.2 Å². The van der Waals surface area contributed by atoms with Crippen LogP contribution in [0.15, 0.2) is 42.2 Å². The third kappa shape index (κ3) is 2.95. The van der Waals surface area contributed by atoms with Crippen molar-refractivity contribution in [3.63, 3.8) is 0 Å². The number of carbonyl (C=O) groups excluding carboxylic acids is 1. The Hall–Kier alpha value is -2.57. The maximum atomic E-state index is 13.0. The van der Waals surface area contributed by atoms with Gasteiger partial charge in [0.15, 0.2) is 5.78 Å². The van der Waals surface area contributed by atoms with Gasteiger partial charge in [0.05, 0.1) is 16.2 Å². The van der Waals surface area contributed by atoms with Crippen LogP contribution < -0.4 is 0 Å². The Balaban J connectivity index is 1.87. The SMILES string of the molecule is CCc1ccc(-c2ccc(Cl)c(C#N)c2)cc1C1=C(O)C2CCC(C2)C1=O. The first kappa shape index (κ1) is 17.8. The Kier molecular flexibility index (Phi) is 4.53. The first-order chi connectivity index (χ1) is 13.0. The molecule has 0 radical (unpaired) electrons. The van der Waals surface area contributed by atoms with Gasteiger partial charge < -0.3 is 5.11 Å². The predicted octanol–water partition coefficient (Wildman–Crippen LogP) is 5.71. The largest absolute Gasteiger partial charge is 0.511 e. The van der Waals surface area contributed by atoms with Crippen molar-refractivity contribution in [1.29, 1.82) is 5.26 Å². The molecular formula is C23H20ClNO2. The first-order valence-electron chi connectivity index (χ1n) is 9.34. The van der Waals surface area contributed by atoms with Crippen LogP contribution in [0.5, 0.6) is 0 Å². The number of fused-ring (bicyclic) bond motifs is 2. The highest BCUT2D eigenvalue weighted by atomic mass is 35.5. The van der Waals surface area contributed by atoms with Gasteiger partial charge >= 0.3 is 0 Å². The van der Waals surface area contributed by atoms with Crippen LogP contribution in [0, 0.1) is 23.2 Å². The monoisotopic (exact) mass is 377 g/mol. The van der Waals surface area contributed by atoms with Crippen molar-refractivity contribution in [2.24, 2.45) is 11.8 Å². The van der Waals surface area contributed by atoms with Crippen LogP contribution in [0.4, 0.5) is 0 Å². The fourth-order valence-corrected chi connectivity index (χ4v) is 4.52. The summed E-state index contributed by atoms with van der Waals surface area (Å²) >= 11 is 6.05. The van der Waals surface area contributed by atoms with E-state index >= 15 is 0 Å². The Bertz CT molecular complexity index is 1020. The normalized spacial score (nSPS) is 21.4. The molecule has 136 valence electrons. The zero-order valence-corrected chi connectivity index (χ0v) is 15.9. The Morgan fingerprint density at radius 3 is 2.59 bits per heavy atom. The number of nitriles is 1. The van der Waals surface area contributed by atoms with Crippen LogP contribution in [0.3, 0.4) is 0 Å². The van der Waals surface area contributed by atoms with Crippen LogP contribution in [-0.2, 0) is 11.2 Å². The molecule has 0 heterocycles. The zero-order valence-electron chi connectivity index (χ0n) is 15.1. The molecule has 0 saturated heterocycles. The van der Waals surface area contributed by atoms with E-state index in [1.54, 1.807) is 12.1 Å². The summed E-state index contributed by atoms with van der Waals surface area (Å²) in [7, 11) is 0. The summed E-state index contributed by atoms with van der Waals surface area (Å²) in [6.07, 6.45) is 3.30. The van der Waals surface area contributed by atoms with E-state index in [0.29, 0.717) is 16.2 Å². The molecule has 1 N–H and O–H groups in total. The molecular weight excluding hydrogens is 358 g/mol. The number of hydrogen-bond donors (Lipinski definition) is 1. The summed E-state index contributed by atoms with van der Waals surface area (Å²) in [6, 6.07) is 13.4. The van der Waals surface area contributed by atoms with Gasteiger partial charge in [-0.2, -0.15) is 5.26 Å². The number of nitrogens with zero attached hydrogens (tertiary/aromatic N) is 1. The number of aliphatic hydroxyl groups is 1. The number of Topliss-reactive ketones (excluding diaryl/α,β-unsaturated/α-hetero) is 1. The fourth-order valence-electron chi connectivity index (χ4n) is 4.36. The Labute approximate surface area is 163 Å². The lowest BCUT2D eigenvalue weighted by molar-refractivity contribution is -0.117. The highest BCUT2D eigenvalue weighted by Gasteiger charge is 2.41. The summed E-state index contributed by atoms with van der Waals surface area (Å²) in [5.74, 6) is 0.475. The van der Waals surface area contributed by atoms with Crippen molar-refractivity contribution in [3.8, 4) is 17.2 Å². The molecule has 1 saturated carbocycles. The van der Waals surface area contributed by atoms with Gasteiger partial charge in [0, 0.05) is 11.8 Å². The highest BCUT2D eigenvalue weighted by molar-refractivity contribution is 6.31. The zero-order chi connectivity index (χ0) is 19.1. The van der Waals surface area contributed by atoms with Crippen LogP contribution in [0.2, 0.25) is 5.02 Å². The van der Waals surface area contributed by atoms with Crippen molar-refractivity contribution in [1.82, 2.24) is 0 Å². The van der Waals surface area contributed by atoms with Gasteiger partial charge in [-0.3, -0.25) is 4.79 Å². The molecule has 2 aliphatic rings. The summed E-state index contributed by atoms with van der Waals surface area (Å²) in [4.78, 5) is 13.0. The molecule has 2 unspecified atom stereocenters. The number of aryl methyl sites for hydroxylation is 1. The van der Waals surface area contributed by atoms with Gasteiger partial charge in [0.1, 0.15) is 11.8 Å². The first-order valence-corrected chi connectivity index (χ1v) is 9.72. The summed E-state index contributed by atoms with van der Waals surface area (Å²) in [6.45, 7) is 2.05. The van der Waals surface area contributed by atoms with Crippen LogP contribution in [0.25, 0.3) is 16.7 Å². The number of allylic oxidation sites excluding steroid dienone is 2. The molecule has 4 heteroatoms. The van der Waals surface area contributed by atoms with E-state index in [0.717, 1.165) is 47.9 Å². The smallest absolute Gasteiger partial charge is 0.169 e. The lowest BCUT2D eigenvalue weighted by Gasteiger charge is -2.23. The second-order valence-electron chi connectivity index (χ2n) is 7.36. The van der Waals surface area contributed by atoms with Gasteiger partial charge in [-0.25, -0.2) is 0 Å². The van der Waals surface area contributed by atoms with E-state index in [-0.39, 0.29) is 23.4 Å². The van der Waals surface area contributed by atoms with E-state index in [2.05, 4.69) is 6.07 Å². The van der Waals surface area contributed by atoms with Gasteiger partial charge in [-0.05, 0) is 66.1 Å². The molecule has 3 nitrogen and oxygen atoms in total. The third-order valence-corrected chi connectivity index (χ3v) is 6.20. The van der Waals surface area contributed by atoms with Gasteiger partial charge in [-0.15, -0.1) is 0 Å². The summed E-state index contributed by atoms with van der Waals surface area (Å²) < 4.78 is 0. The molecule has 27 heavy (non-hydrogen) atoms. The molecule has 0 amide bonds. The lowest BCUT2D eigenvalue weighted by Crippen LogP contribution is -2.22. The number of ketones is 1. The quantitative estimate of drug-likeness (QED) is 0.745. The standard InChI is InChI=1S/C23H20ClNO2/c1-2-13-3-4-15(14-7-8-20(24)18(9-14)12-25)11-19(13)21-22(26)16-5-6-17(10-16)23(21)27/h3-4,7-9,11,16-17,26H,2,5-6,10H2,1H3. The molecule has 2 aromatic carbocycles. The Morgan fingerprint density at radius 2 is 1.85 bits per heavy atom. The van der Waals surface area contributed by atoms with Crippen LogP contribution in [0.1, 0.15) is 42.9 Å². The van der Waals surface area contributed by atoms with Crippen molar-refractivity contribution >= 4 is 23.0 Å². The van der Waals surface area contributed by atoms with Gasteiger partial charge in [0.25, 0.3) is 0 Å². The highest BCUT2D eigenvalue weighted by Crippen LogP contribution is 2.46. The predicted molar refractivity (Wildman–Crippen MR) is 106 cm³/mol. The molecule has 1 fully saturated rings. The molecule has 0 spiro atoms. The van der Waals surface area contributed by atoms with Crippen molar-refractivity contribution in [2.75, 3.05) is 0 Å². The number of carbonyl (C=O) groups is 1. The second-order valence-corrected chi connectivity index (χ2v) is 7.77. The molecule has 2 atom stereocenters. The third-order valence-electron chi connectivity index (χ3n) is 5.87. The Morgan fingerprint density at radius 1 is 1.15 bits per heavy atom. The molecule has 0 aliphatic heterocycles. The topological polar surface area (TPSA) is 61.1 Å². The number of halogens is 1. The van der Waals surface area contributed by atoms with E-state index in [4.69, 9.17) is 11.6 Å². The molecule has 0 aromatic heterocycles. The van der Waals surface area contributed by atoms with Crippen LogP contribution in [-0.4, -0.2) is 10.9 Å². The number of rotatable bonds is 3. The number of hydrogen-bond acceptors (Lipinski definition) is 3. The molecule has 4 rings (SSSR count). The second kappa shape index (κ2) is 6.87. The minimum absolute atomic E-state index is 0.0370. The maximum Gasteiger partial charge on any atom is 0.169 e. The average molecular weight is 378 g/mol. The van der Waals surface area contributed by atoms with E-state index < -0.39 is 0 Å². The van der Waals surface area contributed by atoms with Gasteiger partial charge in [-0.1, -0.05) is 36.7 Å². The van der Waals surface area contributed by atoms with E-state index in [9.17, 15) is 15.2 Å². The molecule has 2 bridgehead atoms. The molecule has 2 aliphatic carbocycles. The van der Waals surface area contributed by atoms with Gasteiger partial charge in [0.2, 0.25) is 0 Å². The number of aliphatic hydroxyl groups excluding tert-OH is 1. The molecule has 2 aromatic rings. The minimum atomic E-state index is 0.0370. The van der Waals surface area contributed by atoms with Crippen molar-refractivity contribution < 1.29 is 9.90 Å². The summed E-state index contributed by atoms with van der Waals surface area (Å²) in [5.41, 5.74) is 4.56. The average Bonchev–Trinajstić information content (AvgIpc) is 3.14. The minimum Gasteiger partial charge on any atom is -0.511 e. The maximum absolute atomic E-state index is 13.0. The van der Waals surface area contributed by atoms with E-state index in [1.165, 1.54) is 0 Å². The number of benzene rings is 2. The van der Waals surface area contributed by atoms with Crippen LogP contribution >= 0.6 is 11.6 Å². The van der Waals surface area contributed by atoms with Crippen molar-refractivity contribution in [3.05, 3.63) is 63.9 Å². The lowest BCUT2D eigenvalue weighted by atomic mass is 9.81. The van der Waals surface area contributed by atoms with Crippen molar-refractivity contribution in [2.45, 2.75) is 32.6 Å².